The average Bonchev–Trinajstić information content (AvgIpc) is 2.40. The second kappa shape index (κ2) is 7.98. The van der Waals surface area contributed by atoms with E-state index in [1.54, 1.807) is 0 Å². The third-order valence-corrected chi connectivity index (χ3v) is 2.77. The zero-order chi connectivity index (χ0) is 15.8. The van der Waals surface area contributed by atoms with Crippen LogP contribution in [-0.4, -0.2) is 22.0 Å². The van der Waals surface area contributed by atoms with Gasteiger partial charge in [-0.2, -0.15) is 0 Å². The first kappa shape index (κ1) is 16.6. The van der Waals surface area contributed by atoms with E-state index in [2.05, 4.69) is 0 Å². The number of carbonyl (C=O) groups is 2. The molecule has 21 heavy (non-hydrogen) atoms. The van der Waals surface area contributed by atoms with E-state index in [9.17, 15) is 19.7 Å². The number of carbonyl (C=O) groups excluding carboxylic acids is 1. The summed E-state index contributed by atoms with van der Waals surface area (Å²) in [5, 5.41) is 19.4. The molecule has 0 aliphatic carbocycles. The van der Waals surface area contributed by atoms with E-state index < -0.39 is 16.9 Å². The highest BCUT2D eigenvalue weighted by molar-refractivity contribution is 5.73. The standard InChI is InChI=1S/C14H17NO6/c1-2-4-14(18)21-12-8-7-11(15(19)20)9-10(12)5-3-6-13(16)17/h7-9H,2-6H2,1H3,(H,16,17). The van der Waals surface area contributed by atoms with Crippen LogP contribution in [0.4, 0.5) is 5.69 Å². The molecule has 0 aromatic heterocycles. The van der Waals surface area contributed by atoms with Gasteiger partial charge < -0.3 is 9.84 Å². The van der Waals surface area contributed by atoms with Crippen LogP contribution in [0.5, 0.6) is 5.75 Å². The van der Waals surface area contributed by atoms with Crippen LogP contribution in [0.15, 0.2) is 18.2 Å². The zero-order valence-corrected chi connectivity index (χ0v) is 11.7. The second-order valence-corrected chi connectivity index (χ2v) is 4.52. The Hall–Kier alpha value is -2.44. The monoisotopic (exact) mass is 295 g/mol. The Morgan fingerprint density at radius 2 is 2.05 bits per heavy atom. The van der Waals surface area contributed by atoms with Gasteiger partial charge >= 0.3 is 11.9 Å². The molecule has 0 amide bonds. The molecule has 1 rings (SSSR count). The normalized spacial score (nSPS) is 10.1. The van der Waals surface area contributed by atoms with Crippen molar-refractivity contribution in [2.45, 2.75) is 39.0 Å². The number of carboxylic acid groups (broad SMARTS) is 1. The van der Waals surface area contributed by atoms with E-state index in [-0.39, 0.29) is 24.3 Å². The lowest BCUT2D eigenvalue weighted by atomic mass is 10.1. The van der Waals surface area contributed by atoms with E-state index in [1.165, 1.54) is 18.2 Å². The Morgan fingerprint density at radius 3 is 2.62 bits per heavy atom. The van der Waals surface area contributed by atoms with Gasteiger partial charge in [0.05, 0.1) is 4.92 Å². The summed E-state index contributed by atoms with van der Waals surface area (Å²) in [6.45, 7) is 1.84. The lowest BCUT2D eigenvalue weighted by Crippen LogP contribution is -2.09. The molecular weight excluding hydrogens is 278 g/mol. The van der Waals surface area contributed by atoms with Gasteiger partial charge in [0, 0.05) is 30.5 Å². The van der Waals surface area contributed by atoms with Crippen LogP contribution in [0.1, 0.15) is 38.2 Å². The van der Waals surface area contributed by atoms with Gasteiger partial charge in [0.25, 0.3) is 5.69 Å². The number of benzene rings is 1. The van der Waals surface area contributed by atoms with Gasteiger partial charge in [-0.25, -0.2) is 0 Å². The molecule has 0 heterocycles. The third kappa shape index (κ3) is 5.60. The number of nitro groups is 1. The molecule has 0 atom stereocenters. The third-order valence-electron chi connectivity index (χ3n) is 2.77. The molecule has 0 fully saturated rings. The summed E-state index contributed by atoms with van der Waals surface area (Å²) in [5.74, 6) is -1.10. The number of esters is 1. The Kier molecular flexibility index (Phi) is 6.32. The van der Waals surface area contributed by atoms with Crippen molar-refractivity contribution in [2.75, 3.05) is 0 Å². The molecule has 114 valence electrons. The van der Waals surface area contributed by atoms with Crippen molar-refractivity contribution in [2.24, 2.45) is 0 Å². The number of aliphatic carboxylic acids is 1. The number of carboxylic acids is 1. The van der Waals surface area contributed by atoms with E-state index in [4.69, 9.17) is 9.84 Å². The van der Waals surface area contributed by atoms with Gasteiger partial charge in [0.2, 0.25) is 0 Å². The largest absolute Gasteiger partial charge is 0.481 e. The van der Waals surface area contributed by atoms with Gasteiger partial charge in [0.15, 0.2) is 0 Å². The van der Waals surface area contributed by atoms with Crippen molar-refractivity contribution in [3.05, 3.63) is 33.9 Å². The second-order valence-electron chi connectivity index (χ2n) is 4.52. The fourth-order valence-corrected chi connectivity index (χ4v) is 1.78. The Bertz CT molecular complexity index is 540. The summed E-state index contributed by atoms with van der Waals surface area (Å²) in [6.07, 6.45) is 1.45. The number of nitrogens with zero attached hydrogens (tertiary/aromatic N) is 1. The molecule has 7 nitrogen and oxygen atoms in total. The molecule has 1 N–H and O–H groups in total. The van der Waals surface area contributed by atoms with E-state index in [1.807, 2.05) is 6.92 Å². The lowest BCUT2D eigenvalue weighted by molar-refractivity contribution is -0.384. The summed E-state index contributed by atoms with van der Waals surface area (Å²) < 4.78 is 5.17. The molecule has 1 aromatic rings. The maximum absolute atomic E-state index is 11.5. The molecule has 0 bridgehead atoms. The fourth-order valence-electron chi connectivity index (χ4n) is 1.78. The first-order chi connectivity index (χ1) is 9.93. The predicted octanol–water partition coefficient (Wildman–Crippen LogP) is 2.71. The zero-order valence-electron chi connectivity index (χ0n) is 11.7. The summed E-state index contributed by atoms with van der Waals surface area (Å²) in [7, 11) is 0. The van der Waals surface area contributed by atoms with Gasteiger partial charge in [-0.15, -0.1) is 0 Å². The highest BCUT2D eigenvalue weighted by atomic mass is 16.6. The van der Waals surface area contributed by atoms with Crippen molar-refractivity contribution < 1.29 is 24.4 Å². The average molecular weight is 295 g/mol. The lowest BCUT2D eigenvalue weighted by Gasteiger charge is -2.09. The Balaban J connectivity index is 2.90. The number of rotatable bonds is 8. The molecule has 0 unspecified atom stereocenters. The highest BCUT2D eigenvalue weighted by Crippen LogP contribution is 2.26. The number of non-ortho nitro benzene ring substituents is 1. The van der Waals surface area contributed by atoms with Crippen LogP contribution >= 0.6 is 0 Å². The van der Waals surface area contributed by atoms with Crippen LogP contribution in [-0.2, 0) is 16.0 Å². The Morgan fingerprint density at radius 1 is 1.33 bits per heavy atom. The molecular formula is C14H17NO6. The highest BCUT2D eigenvalue weighted by Gasteiger charge is 2.14. The van der Waals surface area contributed by atoms with E-state index in [0.717, 1.165) is 0 Å². The summed E-state index contributed by atoms with van der Waals surface area (Å²) in [5.41, 5.74) is 0.352. The van der Waals surface area contributed by atoms with Crippen LogP contribution in [0, 0.1) is 10.1 Å². The molecule has 0 radical (unpaired) electrons. The van der Waals surface area contributed by atoms with Crippen molar-refractivity contribution in [1.82, 2.24) is 0 Å². The van der Waals surface area contributed by atoms with Crippen molar-refractivity contribution in [3.63, 3.8) is 0 Å². The SMILES string of the molecule is CCCC(=O)Oc1ccc([N+](=O)[O-])cc1CCCC(=O)O. The fraction of sp³-hybridized carbons (Fsp3) is 0.429. The van der Waals surface area contributed by atoms with Gasteiger partial charge in [-0.1, -0.05) is 6.92 Å². The van der Waals surface area contributed by atoms with Gasteiger partial charge in [0.1, 0.15) is 5.75 Å². The summed E-state index contributed by atoms with van der Waals surface area (Å²) >= 11 is 0. The van der Waals surface area contributed by atoms with E-state index in [0.29, 0.717) is 24.8 Å². The van der Waals surface area contributed by atoms with Gasteiger partial charge in [-0.05, 0) is 25.3 Å². The molecule has 0 aliphatic rings. The smallest absolute Gasteiger partial charge is 0.311 e. The minimum absolute atomic E-state index is 0.0506. The van der Waals surface area contributed by atoms with Crippen LogP contribution < -0.4 is 4.74 Å². The minimum atomic E-state index is -0.940. The number of aryl methyl sites for hydroxylation is 1. The van der Waals surface area contributed by atoms with Crippen molar-refractivity contribution in [3.8, 4) is 5.75 Å². The van der Waals surface area contributed by atoms with Gasteiger partial charge in [-0.3, -0.25) is 19.7 Å². The minimum Gasteiger partial charge on any atom is -0.481 e. The maximum atomic E-state index is 11.5. The summed E-state index contributed by atoms with van der Waals surface area (Å²) in [6, 6.07) is 3.95. The molecule has 0 saturated heterocycles. The van der Waals surface area contributed by atoms with Crippen molar-refractivity contribution >= 4 is 17.6 Å². The predicted molar refractivity (Wildman–Crippen MR) is 74.2 cm³/mol. The number of nitro benzene ring substituents is 1. The first-order valence-electron chi connectivity index (χ1n) is 6.63. The van der Waals surface area contributed by atoms with E-state index >= 15 is 0 Å². The number of hydrogen-bond donors (Lipinski definition) is 1. The van der Waals surface area contributed by atoms with Crippen LogP contribution in [0.25, 0.3) is 0 Å². The maximum Gasteiger partial charge on any atom is 0.311 e. The molecule has 7 heteroatoms. The van der Waals surface area contributed by atoms with Crippen LogP contribution in [0.2, 0.25) is 0 Å². The van der Waals surface area contributed by atoms with Crippen molar-refractivity contribution in [1.29, 1.82) is 0 Å². The molecule has 0 saturated carbocycles. The number of ether oxygens (including phenoxy) is 1. The molecule has 0 aliphatic heterocycles. The summed E-state index contributed by atoms with van der Waals surface area (Å²) in [4.78, 5) is 32.3. The number of hydrogen-bond acceptors (Lipinski definition) is 5. The first-order valence-corrected chi connectivity index (χ1v) is 6.63. The molecule has 0 spiro atoms. The quantitative estimate of drug-likeness (QED) is 0.342. The van der Waals surface area contributed by atoms with Crippen LogP contribution in [0.3, 0.4) is 0 Å². The Labute approximate surface area is 121 Å². The molecule has 1 aromatic carbocycles. The topological polar surface area (TPSA) is 107 Å².